The average molecular weight is 250 g/mol. The lowest BCUT2D eigenvalue weighted by atomic mass is 10.2. The molecular formula is C11H14F4N2. The van der Waals surface area contributed by atoms with Gasteiger partial charge in [-0.2, -0.15) is 13.2 Å². The number of hydrogen-bond donors (Lipinski definition) is 1. The van der Waals surface area contributed by atoms with Gasteiger partial charge < -0.3 is 5.32 Å². The third-order valence-corrected chi connectivity index (χ3v) is 2.09. The lowest BCUT2D eigenvalue weighted by Gasteiger charge is -2.10. The molecule has 0 fully saturated rings. The summed E-state index contributed by atoms with van der Waals surface area (Å²) in [5.74, 6) is -0.552. The van der Waals surface area contributed by atoms with E-state index in [1.165, 1.54) is 0 Å². The van der Waals surface area contributed by atoms with Crippen LogP contribution in [0.15, 0.2) is 12.3 Å². The van der Waals surface area contributed by atoms with Gasteiger partial charge >= 0.3 is 6.18 Å². The molecule has 0 radical (unpaired) electrons. The predicted octanol–water partition coefficient (Wildman–Crippen LogP) is 2.99. The first-order chi connectivity index (χ1) is 7.80. The monoisotopic (exact) mass is 250 g/mol. The molecule has 1 aromatic rings. The molecule has 0 spiro atoms. The highest BCUT2D eigenvalue weighted by atomic mass is 19.4. The van der Waals surface area contributed by atoms with Crippen molar-refractivity contribution in [2.75, 3.05) is 6.54 Å². The minimum Gasteiger partial charge on any atom is -0.311 e. The van der Waals surface area contributed by atoms with Crippen LogP contribution in [-0.2, 0) is 12.7 Å². The summed E-state index contributed by atoms with van der Waals surface area (Å²) in [7, 11) is 0. The molecule has 0 aliphatic rings. The van der Waals surface area contributed by atoms with E-state index in [9.17, 15) is 17.6 Å². The fraction of sp³-hybridized carbons (Fsp3) is 0.545. The molecule has 2 nitrogen and oxygen atoms in total. The van der Waals surface area contributed by atoms with E-state index in [2.05, 4.69) is 10.3 Å². The Hall–Kier alpha value is -1.17. The van der Waals surface area contributed by atoms with Gasteiger partial charge in [-0.25, -0.2) is 4.39 Å². The summed E-state index contributed by atoms with van der Waals surface area (Å²) < 4.78 is 50.0. The molecule has 0 amide bonds. The summed E-state index contributed by atoms with van der Waals surface area (Å²) in [6.45, 7) is 4.73. The van der Waals surface area contributed by atoms with Gasteiger partial charge in [-0.3, -0.25) is 4.98 Å². The van der Waals surface area contributed by atoms with E-state index in [1.807, 2.05) is 13.8 Å². The third kappa shape index (κ3) is 4.30. The second kappa shape index (κ2) is 5.44. The zero-order valence-electron chi connectivity index (χ0n) is 9.61. The minimum absolute atomic E-state index is 0.00125. The van der Waals surface area contributed by atoms with Crippen LogP contribution < -0.4 is 5.32 Å². The second-order valence-corrected chi connectivity index (χ2v) is 4.18. The van der Waals surface area contributed by atoms with Gasteiger partial charge in [0, 0.05) is 12.7 Å². The van der Waals surface area contributed by atoms with Crippen molar-refractivity contribution in [2.45, 2.75) is 26.6 Å². The summed E-state index contributed by atoms with van der Waals surface area (Å²) in [4.78, 5) is 3.48. The maximum Gasteiger partial charge on any atom is 0.417 e. The van der Waals surface area contributed by atoms with E-state index < -0.39 is 17.6 Å². The van der Waals surface area contributed by atoms with Crippen molar-refractivity contribution in [2.24, 2.45) is 5.92 Å². The molecule has 1 rings (SSSR count). The summed E-state index contributed by atoms with van der Waals surface area (Å²) in [6, 6.07) is 0.472. The lowest BCUT2D eigenvalue weighted by Crippen LogP contribution is -2.20. The van der Waals surface area contributed by atoms with E-state index in [4.69, 9.17) is 0 Å². The van der Waals surface area contributed by atoms with Gasteiger partial charge in [0.15, 0.2) is 0 Å². The second-order valence-electron chi connectivity index (χ2n) is 4.18. The van der Waals surface area contributed by atoms with Crippen LogP contribution in [0.5, 0.6) is 0 Å². The fourth-order valence-electron chi connectivity index (χ4n) is 1.23. The molecule has 1 aromatic heterocycles. The maximum absolute atomic E-state index is 13.3. The highest BCUT2D eigenvalue weighted by Gasteiger charge is 2.31. The first-order valence-corrected chi connectivity index (χ1v) is 5.23. The minimum atomic E-state index is -4.56. The van der Waals surface area contributed by atoms with Crippen LogP contribution in [0.4, 0.5) is 17.6 Å². The van der Waals surface area contributed by atoms with Gasteiger partial charge in [0.1, 0.15) is 5.82 Å². The van der Waals surface area contributed by atoms with Crippen molar-refractivity contribution in [3.63, 3.8) is 0 Å². The molecule has 1 heterocycles. The first kappa shape index (κ1) is 13.9. The molecule has 0 bridgehead atoms. The number of rotatable bonds is 4. The largest absolute Gasteiger partial charge is 0.417 e. The van der Waals surface area contributed by atoms with Crippen molar-refractivity contribution in [1.29, 1.82) is 0 Å². The Bertz CT molecular complexity index is 374. The Balaban J connectivity index is 2.70. The smallest absolute Gasteiger partial charge is 0.311 e. The van der Waals surface area contributed by atoms with Gasteiger partial charge in [-0.15, -0.1) is 0 Å². The van der Waals surface area contributed by atoms with Crippen molar-refractivity contribution in [3.8, 4) is 0 Å². The van der Waals surface area contributed by atoms with Crippen LogP contribution in [0.2, 0.25) is 0 Å². The first-order valence-electron chi connectivity index (χ1n) is 5.23. The van der Waals surface area contributed by atoms with E-state index in [-0.39, 0.29) is 12.2 Å². The lowest BCUT2D eigenvalue weighted by molar-refractivity contribution is -0.138. The van der Waals surface area contributed by atoms with Gasteiger partial charge in [0.2, 0.25) is 0 Å². The van der Waals surface area contributed by atoms with E-state index >= 15 is 0 Å². The van der Waals surface area contributed by atoms with E-state index in [1.54, 1.807) is 0 Å². The van der Waals surface area contributed by atoms with Gasteiger partial charge in [0.25, 0.3) is 0 Å². The zero-order chi connectivity index (χ0) is 13.1. The zero-order valence-corrected chi connectivity index (χ0v) is 9.61. The molecule has 0 unspecified atom stereocenters. The van der Waals surface area contributed by atoms with Crippen molar-refractivity contribution >= 4 is 0 Å². The highest BCUT2D eigenvalue weighted by molar-refractivity contribution is 5.18. The van der Waals surface area contributed by atoms with Crippen LogP contribution in [-0.4, -0.2) is 11.5 Å². The molecule has 0 aliphatic heterocycles. The number of alkyl halides is 3. The molecule has 0 saturated heterocycles. The van der Waals surface area contributed by atoms with Crippen LogP contribution in [0.3, 0.4) is 0 Å². The molecule has 6 heteroatoms. The maximum atomic E-state index is 13.3. The van der Waals surface area contributed by atoms with Crippen LogP contribution in [0, 0.1) is 11.7 Å². The molecule has 1 N–H and O–H groups in total. The summed E-state index contributed by atoms with van der Waals surface area (Å²) in [5.41, 5.74) is -1.07. The summed E-state index contributed by atoms with van der Waals surface area (Å²) in [5, 5.41) is 2.92. The van der Waals surface area contributed by atoms with Gasteiger partial charge in [-0.05, 0) is 18.5 Å². The molecule has 96 valence electrons. The quantitative estimate of drug-likeness (QED) is 0.831. The number of nitrogens with one attached hydrogen (secondary N) is 1. The highest BCUT2D eigenvalue weighted by Crippen LogP contribution is 2.29. The Kier molecular flexibility index (Phi) is 4.45. The topological polar surface area (TPSA) is 24.9 Å². The van der Waals surface area contributed by atoms with Crippen molar-refractivity contribution in [3.05, 3.63) is 29.3 Å². The van der Waals surface area contributed by atoms with Gasteiger partial charge in [-0.1, -0.05) is 13.8 Å². The fourth-order valence-corrected chi connectivity index (χ4v) is 1.23. The Morgan fingerprint density at radius 2 is 2.00 bits per heavy atom. The molecule has 17 heavy (non-hydrogen) atoms. The summed E-state index contributed by atoms with van der Waals surface area (Å²) >= 11 is 0. The van der Waals surface area contributed by atoms with E-state index in [0.717, 1.165) is 0 Å². The number of nitrogens with zero attached hydrogens (tertiary/aromatic N) is 1. The Morgan fingerprint density at radius 3 is 2.47 bits per heavy atom. The molecule has 0 aliphatic carbocycles. The van der Waals surface area contributed by atoms with Crippen LogP contribution in [0.25, 0.3) is 0 Å². The van der Waals surface area contributed by atoms with Gasteiger partial charge in [0.05, 0.1) is 11.3 Å². The number of pyridine rings is 1. The third-order valence-electron chi connectivity index (χ3n) is 2.09. The predicted molar refractivity (Wildman–Crippen MR) is 55.7 cm³/mol. The molecule has 0 atom stereocenters. The summed E-state index contributed by atoms with van der Waals surface area (Å²) in [6.07, 6.45) is -3.91. The molecule has 0 aromatic carbocycles. The van der Waals surface area contributed by atoms with Crippen molar-refractivity contribution in [1.82, 2.24) is 10.3 Å². The number of aromatic nitrogens is 1. The Labute approximate surface area is 97.1 Å². The standard InChI is InChI=1S/C11H14F4N2/c1-7(2)4-16-6-10-9(12)3-8(5-17-10)11(13,14)15/h3,5,7,16H,4,6H2,1-2H3. The average Bonchev–Trinajstić information content (AvgIpc) is 2.18. The Morgan fingerprint density at radius 1 is 1.35 bits per heavy atom. The molecular weight excluding hydrogens is 236 g/mol. The van der Waals surface area contributed by atoms with Crippen molar-refractivity contribution < 1.29 is 17.6 Å². The number of hydrogen-bond acceptors (Lipinski definition) is 2. The van der Waals surface area contributed by atoms with Crippen LogP contribution >= 0.6 is 0 Å². The van der Waals surface area contributed by atoms with Crippen LogP contribution in [0.1, 0.15) is 25.1 Å². The SMILES string of the molecule is CC(C)CNCc1ncc(C(F)(F)F)cc1F. The number of halogens is 4. The molecule has 0 saturated carbocycles. The van der Waals surface area contributed by atoms with E-state index in [0.29, 0.717) is 24.7 Å². The normalized spacial score (nSPS) is 12.2.